The number of fused-ring (bicyclic) bond motifs is 1. The molecule has 1 aliphatic rings. The number of nitrogens with zero attached hydrogens (tertiary/aromatic N) is 1. The van der Waals surface area contributed by atoms with Gasteiger partial charge in [0.2, 0.25) is 0 Å². The van der Waals surface area contributed by atoms with Gasteiger partial charge in [0.05, 0.1) is 0 Å². The van der Waals surface area contributed by atoms with E-state index in [2.05, 4.69) is 12.1 Å². The first-order valence-corrected chi connectivity index (χ1v) is 11.3. The number of amides is 1. The van der Waals surface area contributed by atoms with Crippen molar-refractivity contribution in [3.63, 3.8) is 0 Å². The van der Waals surface area contributed by atoms with Gasteiger partial charge in [-0.3, -0.25) is 9.59 Å². The molecule has 3 atom stereocenters. The highest BCUT2D eigenvalue weighted by Crippen LogP contribution is 2.25. The molecule has 2 N–H and O–H groups in total. The number of hydrogen-bond donors (Lipinski definition) is 2. The van der Waals surface area contributed by atoms with E-state index in [0.717, 1.165) is 23.1 Å². The molecule has 0 saturated heterocycles. The predicted molar refractivity (Wildman–Crippen MR) is 126 cm³/mol. The van der Waals surface area contributed by atoms with Gasteiger partial charge < -0.3 is 15.1 Å². The lowest BCUT2D eigenvalue weighted by atomic mass is 9.91. The standard InChI is InChI=1S/C28H29NO4/c1-19(22-13-11-21(12-14-22)16-20-7-3-2-4-8-20)15-25(30)26(31)27(32)28(33)29-17-23-9-5-6-10-24(23)18-29/h2-14,19,26-27,31-32H,15-18H2,1H3/t19-,26-,27+/m0/s1. The lowest BCUT2D eigenvalue weighted by molar-refractivity contribution is -0.152. The van der Waals surface area contributed by atoms with Crippen molar-refractivity contribution in [3.05, 3.63) is 107 Å². The second-order valence-electron chi connectivity index (χ2n) is 8.83. The Bertz CT molecular complexity index is 1090. The molecule has 0 unspecified atom stereocenters. The van der Waals surface area contributed by atoms with Crippen molar-refractivity contribution in [3.8, 4) is 0 Å². The van der Waals surface area contributed by atoms with Gasteiger partial charge in [-0.2, -0.15) is 0 Å². The number of ketones is 1. The van der Waals surface area contributed by atoms with E-state index in [1.807, 2.05) is 73.7 Å². The molecule has 0 fully saturated rings. The molecule has 3 aromatic carbocycles. The fourth-order valence-electron chi connectivity index (χ4n) is 4.32. The maximum absolute atomic E-state index is 12.7. The summed E-state index contributed by atoms with van der Waals surface area (Å²) in [5.41, 5.74) is 5.42. The minimum absolute atomic E-state index is 0.0454. The SMILES string of the molecule is C[C@@H](CC(=O)[C@H](O)[C@@H](O)C(=O)N1Cc2ccccc2C1)c1ccc(Cc2ccccc2)cc1. The molecule has 1 amide bonds. The van der Waals surface area contributed by atoms with Gasteiger partial charge in [-0.25, -0.2) is 0 Å². The first-order valence-electron chi connectivity index (χ1n) is 11.3. The average molecular weight is 444 g/mol. The second kappa shape index (κ2) is 10.1. The minimum Gasteiger partial charge on any atom is -0.382 e. The van der Waals surface area contributed by atoms with Gasteiger partial charge in [-0.05, 0) is 40.2 Å². The smallest absolute Gasteiger partial charge is 0.255 e. The average Bonchev–Trinajstić information content (AvgIpc) is 3.28. The number of aliphatic hydroxyl groups excluding tert-OH is 2. The molecule has 5 heteroatoms. The lowest BCUT2D eigenvalue weighted by Gasteiger charge is -2.23. The molecule has 33 heavy (non-hydrogen) atoms. The summed E-state index contributed by atoms with van der Waals surface area (Å²) in [5, 5.41) is 20.8. The summed E-state index contributed by atoms with van der Waals surface area (Å²) in [6.07, 6.45) is -2.61. The van der Waals surface area contributed by atoms with Crippen molar-refractivity contribution in [1.82, 2.24) is 4.90 Å². The zero-order chi connectivity index (χ0) is 23.4. The van der Waals surface area contributed by atoms with E-state index in [1.165, 1.54) is 16.0 Å². The molecule has 0 saturated carbocycles. The maximum Gasteiger partial charge on any atom is 0.255 e. The van der Waals surface area contributed by atoms with Crippen LogP contribution in [-0.4, -0.2) is 39.0 Å². The Labute approximate surface area is 194 Å². The van der Waals surface area contributed by atoms with Crippen molar-refractivity contribution < 1.29 is 19.8 Å². The molecule has 1 heterocycles. The van der Waals surface area contributed by atoms with E-state index >= 15 is 0 Å². The summed E-state index contributed by atoms with van der Waals surface area (Å²) in [6.45, 7) is 2.65. The topological polar surface area (TPSA) is 77.8 Å². The molecule has 0 radical (unpaired) electrons. The monoisotopic (exact) mass is 443 g/mol. The third-order valence-electron chi connectivity index (χ3n) is 6.34. The van der Waals surface area contributed by atoms with Crippen LogP contribution in [0, 0.1) is 0 Å². The van der Waals surface area contributed by atoms with Gasteiger partial charge >= 0.3 is 0 Å². The Kier molecular flexibility index (Phi) is 7.02. The van der Waals surface area contributed by atoms with Gasteiger partial charge in [0.25, 0.3) is 5.91 Å². The van der Waals surface area contributed by atoms with Gasteiger partial charge in [-0.1, -0.05) is 85.8 Å². The fraction of sp³-hybridized carbons (Fsp3) is 0.286. The molecule has 0 spiro atoms. The summed E-state index contributed by atoms with van der Waals surface area (Å²) < 4.78 is 0. The Morgan fingerprint density at radius 2 is 1.33 bits per heavy atom. The van der Waals surface area contributed by atoms with Crippen molar-refractivity contribution in [2.45, 2.75) is 51.0 Å². The van der Waals surface area contributed by atoms with Crippen LogP contribution < -0.4 is 0 Å². The van der Waals surface area contributed by atoms with Gasteiger partial charge in [0.1, 0.15) is 6.10 Å². The first-order chi connectivity index (χ1) is 15.9. The highest BCUT2D eigenvalue weighted by Gasteiger charge is 2.35. The second-order valence-corrected chi connectivity index (χ2v) is 8.83. The van der Waals surface area contributed by atoms with Crippen molar-refractivity contribution >= 4 is 11.7 Å². The number of hydrogen-bond acceptors (Lipinski definition) is 4. The molecule has 0 bridgehead atoms. The van der Waals surface area contributed by atoms with E-state index in [4.69, 9.17) is 0 Å². The number of benzene rings is 3. The fourth-order valence-corrected chi connectivity index (χ4v) is 4.32. The van der Waals surface area contributed by atoms with E-state index in [9.17, 15) is 19.8 Å². The molecular formula is C28H29NO4. The Balaban J connectivity index is 1.32. The molecule has 1 aliphatic heterocycles. The Morgan fingerprint density at radius 1 is 0.788 bits per heavy atom. The number of carbonyl (C=O) groups is 2. The third kappa shape index (κ3) is 5.38. The van der Waals surface area contributed by atoms with E-state index in [-0.39, 0.29) is 12.3 Å². The summed E-state index contributed by atoms with van der Waals surface area (Å²) >= 11 is 0. The van der Waals surface area contributed by atoms with Crippen LogP contribution in [0.3, 0.4) is 0 Å². The van der Waals surface area contributed by atoms with E-state index in [0.29, 0.717) is 13.1 Å². The first kappa shape index (κ1) is 22.9. The number of Topliss-reactive ketones (excluding diaryl/α,β-unsaturated/α-hetero) is 1. The summed E-state index contributed by atoms with van der Waals surface area (Å²) in [7, 11) is 0. The predicted octanol–water partition coefficient (Wildman–Crippen LogP) is 3.60. The van der Waals surface area contributed by atoms with Crippen LogP contribution in [0.15, 0.2) is 78.9 Å². The quantitative estimate of drug-likeness (QED) is 0.558. The zero-order valence-electron chi connectivity index (χ0n) is 18.7. The minimum atomic E-state index is -1.76. The summed E-state index contributed by atoms with van der Waals surface area (Å²) in [5.74, 6) is -1.30. The third-order valence-corrected chi connectivity index (χ3v) is 6.34. The lowest BCUT2D eigenvalue weighted by Crippen LogP contribution is -2.46. The van der Waals surface area contributed by atoms with Crippen LogP contribution in [0.25, 0.3) is 0 Å². The molecular weight excluding hydrogens is 414 g/mol. The van der Waals surface area contributed by atoms with Crippen LogP contribution in [0.2, 0.25) is 0 Å². The molecule has 4 rings (SSSR count). The van der Waals surface area contributed by atoms with Crippen LogP contribution in [0.4, 0.5) is 0 Å². The van der Waals surface area contributed by atoms with Crippen LogP contribution in [0.1, 0.15) is 47.1 Å². The van der Waals surface area contributed by atoms with Crippen molar-refractivity contribution in [2.75, 3.05) is 0 Å². The van der Waals surface area contributed by atoms with Gasteiger partial charge in [0, 0.05) is 19.5 Å². The molecule has 5 nitrogen and oxygen atoms in total. The maximum atomic E-state index is 12.7. The number of carbonyl (C=O) groups excluding carboxylic acids is 2. The van der Waals surface area contributed by atoms with Crippen LogP contribution >= 0.6 is 0 Å². The molecule has 170 valence electrons. The van der Waals surface area contributed by atoms with Crippen molar-refractivity contribution in [2.24, 2.45) is 0 Å². The van der Waals surface area contributed by atoms with Crippen LogP contribution in [0.5, 0.6) is 0 Å². The number of rotatable bonds is 8. The molecule has 3 aromatic rings. The summed E-state index contributed by atoms with van der Waals surface area (Å²) in [4.78, 5) is 26.8. The normalized spacial score (nSPS) is 15.5. The molecule has 0 aromatic heterocycles. The number of aliphatic hydroxyl groups is 2. The van der Waals surface area contributed by atoms with Gasteiger partial charge in [-0.15, -0.1) is 0 Å². The Hall–Kier alpha value is -3.28. The summed E-state index contributed by atoms with van der Waals surface area (Å²) in [6, 6.07) is 25.9. The largest absolute Gasteiger partial charge is 0.382 e. The van der Waals surface area contributed by atoms with Gasteiger partial charge in [0.15, 0.2) is 11.9 Å². The van der Waals surface area contributed by atoms with E-state index < -0.39 is 23.9 Å². The highest BCUT2D eigenvalue weighted by atomic mass is 16.3. The highest BCUT2D eigenvalue weighted by molar-refractivity contribution is 5.92. The Morgan fingerprint density at radius 3 is 1.94 bits per heavy atom. The van der Waals surface area contributed by atoms with Crippen molar-refractivity contribution in [1.29, 1.82) is 0 Å². The van der Waals surface area contributed by atoms with Crippen LogP contribution in [-0.2, 0) is 29.1 Å². The zero-order valence-corrected chi connectivity index (χ0v) is 18.7. The molecule has 0 aliphatic carbocycles. The van der Waals surface area contributed by atoms with E-state index in [1.54, 1.807) is 0 Å².